The number of carbonyl (C=O) groups excluding carboxylic acids is 4. The second kappa shape index (κ2) is 13.1. The minimum Gasteiger partial charge on any atom is -0.546 e. The Kier molecular flexibility index (Phi) is 10.2. The summed E-state index contributed by atoms with van der Waals surface area (Å²) in [5.74, 6) is -6.55. The van der Waals surface area contributed by atoms with Crippen LogP contribution in [0.1, 0.15) is 0 Å². The van der Waals surface area contributed by atoms with Crippen LogP contribution in [0.5, 0.6) is 0 Å². The normalized spacial score (nSPS) is 39.2. The van der Waals surface area contributed by atoms with Gasteiger partial charge in [0.2, 0.25) is 11.1 Å². The smallest absolute Gasteiger partial charge is 0.546 e. The van der Waals surface area contributed by atoms with Crippen molar-refractivity contribution in [1.29, 1.82) is 0 Å². The van der Waals surface area contributed by atoms with Gasteiger partial charge in [0.25, 0.3) is 11.8 Å². The molecule has 0 aromatic heterocycles. The number of amidine groups is 2. The third-order valence-electron chi connectivity index (χ3n) is 7.39. The first-order valence-corrected chi connectivity index (χ1v) is 12.5. The van der Waals surface area contributed by atoms with E-state index in [1.54, 1.807) is 0 Å². The van der Waals surface area contributed by atoms with Crippen molar-refractivity contribution in [2.45, 2.75) is 60.2 Å². The number of rotatable bonds is 6. The number of fused-ring (bicyclic) bond motifs is 2. The van der Waals surface area contributed by atoms with E-state index in [1.165, 1.54) is 0 Å². The molecule has 6 N–H and O–H groups in total. The Labute approximate surface area is 290 Å². The van der Waals surface area contributed by atoms with Crippen LogP contribution in [0.25, 0.3) is 0 Å². The number of carbonyl (C=O) groups is 4. The summed E-state index contributed by atoms with van der Waals surface area (Å²) < 4.78 is 10.5. The van der Waals surface area contributed by atoms with Crippen molar-refractivity contribution >= 4 is 110 Å². The Bertz CT molecular complexity index is 1350. The Morgan fingerprint density at radius 2 is 1.09 bits per heavy atom. The van der Waals surface area contributed by atoms with Gasteiger partial charge < -0.3 is 59.9 Å². The van der Waals surface area contributed by atoms with Crippen LogP contribution < -0.4 is 10.2 Å². The van der Waals surface area contributed by atoms with Crippen LogP contribution in [0.3, 0.4) is 0 Å². The molecule has 0 radical (unpaired) electrons. The second-order valence-corrected chi connectivity index (χ2v) is 9.76. The summed E-state index contributed by atoms with van der Waals surface area (Å²) in [6, 6.07) is 0. The summed E-state index contributed by atoms with van der Waals surface area (Å²) in [6.07, 6.45) is -6.82. The van der Waals surface area contributed by atoms with Gasteiger partial charge in [-0.15, -0.1) is 0 Å². The number of hydrogen-bond acceptors (Lipinski definition) is 20. The summed E-state index contributed by atoms with van der Waals surface area (Å²) in [7, 11) is 0. The van der Waals surface area contributed by atoms with Crippen LogP contribution in [-0.2, 0) is 28.7 Å². The minimum absolute atomic E-state index is 0. The molecule has 0 aliphatic carbocycles. The predicted molar refractivity (Wildman–Crippen MR) is 139 cm³/mol. The van der Waals surface area contributed by atoms with E-state index in [4.69, 9.17) is 19.7 Å². The van der Waals surface area contributed by atoms with Crippen molar-refractivity contribution in [3.05, 3.63) is 0 Å². The number of nitrogens with zero attached hydrogens (tertiary/aromatic N) is 8. The van der Waals surface area contributed by atoms with Crippen LogP contribution in [0.15, 0.2) is 30.0 Å². The van der Waals surface area contributed by atoms with Gasteiger partial charge >= 0.3 is 48.9 Å². The number of aliphatic imine (C=N–C) groups is 6. The fourth-order valence-corrected chi connectivity index (χ4v) is 5.03. The number of aliphatic hydroxyl groups is 6. The van der Waals surface area contributed by atoms with Crippen molar-refractivity contribution in [3.63, 3.8) is 0 Å². The zero-order valence-corrected chi connectivity index (χ0v) is 27.0. The van der Waals surface area contributed by atoms with Gasteiger partial charge in [0.1, 0.15) is 49.3 Å². The fourth-order valence-electron chi connectivity index (χ4n) is 5.03. The van der Waals surface area contributed by atoms with Crippen molar-refractivity contribution < 1.29 is 69.5 Å². The van der Waals surface area contributed by atoms with E-state index < -0.39 is 97.1 Å². The average Bonchev–Trinajstić information content (AvgIpc) is 3.73. The maximum absolute atomic E-state index is 11.8. The van der Waals surface area contributed by atoms with Gasteiger partial charge in [0.05, 0.1) is 37.8 Å². The van der Waals surface area contributed by atoms with Gasteiger partial charge in [-0.25, -0.2) is 20.0 Å². The van der Waals surface area contributed by atoms with Crippen LogP contribution in [0.4, 0.5) is 0 Å². The first-order valence-electron chi connectivity index (χ1n) is 12.5. The summed E-state index contributed by atoms with van der Waals surface area (Å²) in [5.41, 5.74) is -4.86. The van der Waals surface area contributed by atoms with E-state index in [0.29, 0.717) is 0 Å². The number of aliphatic carboxylic acids is 2. The maximum atomic E-state index is 11.8. The predicted octanol–water partition coefficient (Wildman–Crippen LogP) is -9.93. The molecule has 23 heteroatoms. The minimum atomic E-state index is -2.43. The Balaban J connectivity index is 0.000000200. The zero-order valence-electron chi connectivity index (χ0n) is 22.6. The molecule has 22 nitrogen and oxygen atoms in total. The number of aliphatic hydroxyl groups excluding tert-OH is 6. The molecule has 2 fully saturated rings. The largest absolute Gasteiger partial charge is 2.00 e. The van der Waals surface area contributed by atoms with E-state index in [2.05, 4.69) is 30.0 Å². The third kappa shape index (κ3) is 5.29. The molecule has 0 aromatic rings. The van der Waals surface area contributed by atoms with Crippen molar-refractivity contribution in [2.24, 2.45) is 30.0 Å². The summed E-state index contributed by atoms with van der Waals surface area (Å²) in [6.45, 7) is -1.11. The van der Waals surface area contributed by atoms with E-state index in [-0.39, 0.29) is 60.6 Å². The molecule has 10 atom stereocenters. The molecule has 2 unspecified atom stereocenters. The quantitative estimate of drug-likeness (QED) is 0.108. The Morgan fingerprint density at radius 3 is 1.38 bits per heavy atom. The van der Waals surface area contributed by atoms with Gasteiger partial charge in [0, 0.05) is 0 Å². The summed E-state index contributed by atoms with van der Waals surface area (Å²) >= 11 is 0. The maximum Gasteiger partial charge on any atom is 2.00 e. The van der Waals surface area contributed by atoms with Crippen molar-refractivity contribution in [3.8, 4) is 0 Å². The van der Waals surface area contributed by atoms with E-state index in [1.807, 2.05) is 0 Å². The standard InChI is InChI=1S/2C11H12N4O7.Ba/c2*16-1-4-5(17)6(18)7(22-4)15-3-14-11(10(20)21)8(15)12-2-13-9(11)19;/h2*2-7,16-18H,1H2,(H,20,21);/q;;+2/p-2/t2*4-,5-,6-,7-,11?;/m11./s1. The molecule has 0 saturated carbocycles. The van der Waals surface area contributed by atoms with Crippen LogP contribution >= 0.6 is 0 Å². The van der Waals surface area contributed by atoms with E-state index >= 15 is 0 Å². The Morgan fingerprint density at radius 1 is 0.733 bits per heavy atom. The molecule has 6 aliphatic rings. The molecule has 45 heavy (non-hydrogen) atoms. The first kappa shape index (κ1) is 35.0. The van der Waals surface area contributed by atoms with E-state index in [0.717, 1.165) is 35.2 Å². The van der Waals surface area contributed by atoms with Crippen LogP contribution in [0, 0.1) is 0 Å². The summed E-state index contributed by atoms with van der Waals surface area (Å²) in [4.78, 5) is 69.7. The Hall–Kier alpha value is -2.85. The number of amides is 2. The van der Waals surface area contributed by atoms with Crippen LogP contribution in [0.2, 0.25) is 0 Å². The number of ether oxygens (including phenoxy) is 2. The molecule has 2 saturated heterocycles. The third-order valence-corrected chi connectivity index (χ3v) is 7.39. The topological polar surface area (TPSA) is 335 Å². The molecule has 0 spiro atoms. The van der Waals surface area contributed by atoms with Gasteiger partial charge in [-0.1, -0.05) is 0 Å². The van der Waals surface area contributed by atoms with E-state index in [9.17, 15) is 49.8 Å². The molecule has 6 heterocycles. The van der Waals surface area contributed by atoms with Gasteiger partial charge in [-0.2, -0.15) is 9.98 Å². The molecule has 236 valence electrons. The zero-order chi connectivity index (χ0) is 32.1. The molecule has 2 amide bonds. The van der Waals surface area contributed by atoms with Crippen molar-refractivity contribution in [2.75, 3.05) is 13.2 Å². The molecule has 6 aliphatic heterocycles. The molecule has 6 rings (SSSR count). The number of carboxylic acid groups (broad SMARTS) is 2. The molecular formula is C22H22BaN8O14. The molecule has 0 aromatic carbocycles. The monoisotopic (exact) mass is 760 g/mol. The molecule has 0 bridgehead atoms. The van der Waals surface area contributed by atoms with Gasteiger partial charge in [0.15, 0.2) is 24.1 Å². The molecular weight excluding hydrogens is 738 g/mol. The fraction of sp³-hybridized carbons (Fsp3) is 0.545. The average molecular weight is 760 g/mol. The van der Waals surface area contributed by atoms with Crippen molar-refractivity contribution in [1.82, 2.24) is 9.80 Å². The van der Waals surface area contributed by atoms with Gasteiger partial charge in [-0.3, -0.25) is 19.4 Å². The van der Waals surface area contributed by atoms with Crippen LogP contribution in [-0.4, -0.2) is 223 Å². The SMILES string of the molecule is O=C([O-])C12N=CN([C@@H]3O[C@H](CO)[C@@H](O)[C@H]3O)C1=NC=NC2=O.O=C([O-])C12N=CN([C@@H]3O[C@H](CO)[C@@H](O)[C@H]3O)C1=NC=NC2=O.[Ba+2]. The number of hydrogen-bond donors (Lipinski definition) is 6. The number of carboxylic acids is 2. The summed E-state index contributed by atoms with van der Waals surface area (Å²) in [5, 5.41) is 80.3. The first-order chi connectivity index (χ1) is 20.9. The second-order valence-electron chi connectivity index (χ2n) is 9.76. The van der Waals surface area contributed by atoms with Gasteiger partial charge in [-0.05, 0) is 0 Å².